The van der Waals surface area contributed by atoms with Gasteiger partial charge in [-0.3, -0.25) is 0 Å². The maximum atomic E-state index is 12.4. The zero-order valence-electron chi connectivity index (χ0n) is 10.7. The largest absolute Gasteiger partial charge is 0.380 e. The molecule has 2 N–H and O–H groups in total. The lowest BCUT2D eigenvalue weighted by Crippen LogP contribution is -2.37. The number of nitrogens with two attached hydrogens (primary N) is 1. The second-order valence-electron chi connectivity index (χ2n) is 4.52. The van der Waals surface area contributed by atoms with Gasteiger partial charge in [-0.2, -0.15) is 4.31 Å². The highest BCUT2D eigenvalue weighted by molar-refractivity contribution is 7.89. The predicted molar refractivity (Wildman–Crippen MR) is 67.5 cm³/mol. The minimum Gasteiger partial charge on any atom is -0.380 e. The van der Waals surface area contributed by atoms with Gasteiger partial charge in [0.1, 0.15) is 4.90 Å². The molecule has 18 heavy (non-hydrogen) atoms. The Bertz CT molecular complexity index is 518. The number of hydrogen-bond donors (Lipinski definition) is 1. The highest BCUT2D eigenvalue weighted by Gasteiger charge is 2.31. The van der Waals surface area contributed by atoms with E-state index in [1.165, 1.54) is 4.31 Å². The Labute approximate surface area is 107 Å². The van der Waals surface area contributed by atoms with Crippen LogP contribution in [-0.2, 0) is 28.4 Å². The quantitative estimate of drug-likeness (QED) is 0.830. The van der Waals surface area contributed by atoms with Gasteiger partial charge in [-0.25, -0.2) is 8.42 Å². The van der Waals surface area contributed by atoms with Crippen molar-refractivity contribution in [2.24, 2.45) is 12.8 Å². The number of aromatic nitrogens is 1. The fraction of sp³-hybridized carbons (Fsp3) is 0.636. The van der Waals surface area contributed by atoms with Gasteiger partial charge >= 0.3 is 0 Å². The first kappa shape index (κ1) is 13.5. The molecule has 0 saturated carbocycles. The van der Waals surface area contributed by atoms with Gasteiger partial charge in [-0.05, 0) is 12.5 Å². The first-order valence-corrected chi connectivity index (χ1v) is 7.32. The molecule has 1 aromatic rings. The average Bonchev–Trinajstić information content (AvgIpc) is 2.96. The molecule has 1 saturated heterocycles. The van der Waals surface area contributed by atoms with E-state index in [0.717, 1.165) is 12.1 Å². The molecule has 0 amide bonds. The molecule has 0 radical (unpaired) electrons. The normalized spacial score (nSPS) is 20.8. The number of nitrogens with zero attached hydrogens (tertiary/aromatic N) is 2. The summed E-state index contributed by atoms with van der Waals surface area (Å²) in [4.78, 5) is 0.292. The molecule has 0 bridgehead atoms. The summed E-state index contributed by atoms with van der Waals surface area (Å²) in [5.41, 5.74) is 6.35. The van der Waals surface area contributed by atoms with Crippen molar-refractivity contribution >= 4 is 10.0 Å². The maximum Gasteiger partial charge on any atom is 0.244 e. The van der Waals surface area contributed by atoms with E-state index in [4.69, 9.17) is 10.5 Å². The third-order valence-corrected chi connectivity index (χ3v) is 5.26. The zero-order valence-corrected chi connectivity index (χ0v) is 11.5. The highest BCUT2D eigenvalue weighted by Crippen LogP contribution is 2.22. The van der Waals surface area contributed by atoms with Crippen molar-refractivity contribution in [2.75, 3.05) is 20.3 Å². The van der Waals surface area contributed by atoms with E-state index in [9.17, 15) is 8.42 Å². The third kappa shape index (κ3) is 2.31. The van der Waals surface area contributed by atoms with Crippen molar-refractivity contribution in [3.8, 4) is 0 Å². The van der Waals surface area contributed by atoms with Gasteiger partial charge in [0.15, 0.2) is 0 Å². The van der Waals surface area contributed by atoms with Crippen LogP contribution in [0.2, 0.25) is 0 Å². The van der Waals surface area contributed by atoms with Crippen LogP contribution in [0.4, 0.5) is 0 Å². The number of aryl methyl sites for hydroxylation is 1. The van der Waals surface area contributed by atoms with Crippen LogP contribution in [0, 0.1) is 0 Å². The van der Waals surface area contributed by atoms with Crippen LogP contribution in [0.1, 0.15) is 12.1 Å². The summed E-state index contributed by atoms with van der Waals surface area (Å²) in [6, 6.07) is 1.55. The molecule has 1 unspecified atom stereocenters. The van der Waals surface area contributed by atoms with Crippen LogP contribution < -0.4 is 5.73 Å². The Morgan fingerprint density at radius 1 is 1.61 bits per heavy atom. The third-order valence-electron chi connectivity index (χ3n) is 3.39. The van der Waals surface area contributed by atoms with E-state index >= 15 is 0 Å². The van der Waals surface area contributed by atoms with E-state index in [1.54, 1.807) is 30.9 Å². The molecule has 0 spiro atoms. The van der Waals surface area contributed by atoms with Crippen LogP contribution in [0.5, 0.6) is 0 Å². The van der Waals surface area contributed by atoms with Crippen molar-refractivity contribution in [1.29, 1.82) is 0 Å². The van der Waals surface area contributed by atoms with Gasteiger partial charge in [0, 0.05) is 39.1 Å². The lowest BCUT2D eigenvalue weighted by atomic mass is 10.3. The van der Waals surface area contributed by atoms with E-state index in [2.05, 4.69) is 0 Å². The molecule has 1 atom stereocenters. The fourth-order valence-corrected chi connectivity index (χ4v) is 3.56. The van der Waals surface area contributed by atoms with Crippen molar-refractivity contribution in [1.82, 2.24) is 8.87 Å². The van der Waals surface area contributed by atoms with E-state index in [0.29, 0.717) is 24.7 Å². The second-order valence-corrected chi connectivity index (χ2v) is 6.52. The number of hydrogen-bond acceptors (Lipinski definition) is 4. The summed E-state index contributed by atoms with van der Waals surface area (Å²) in [6.07, 6.45) is 2.34. The lowest BCUT2D eigenvalue weighted by molar-refractivity contribution is 0.181. The Morgan fingerprint density at radius 2 is 2.33 bits per heavy atom. The van der Waals surface area contributed by atoms with Gasteiger partial charge in [0.25, 0.3) is 0 Å². The molecule has 1 aliphatic rings. The van der Waals surface area contributed by atoms with Crippen LogP contribution >= 0.6 is 0 Å². The van der Waals surface area contributed by atoms with E-state index in [-0.39, 0.29) is 6.04 Å². The molecule has 2 rings (SSSR count). The molecule has 102 valence electrons. The van der Waals surface area contributed by atoms with Gasteiger partial charge < -0.3 is 15.0 Å². The van der Waals surface area contributed by atoms with E-state index in [1.807, 2.05) is 0 Å². The number of likely N-dealkylation sites (N-methyl/N-ethyl adjacent to an activating group) is 1. The molecule has 0 aromatic carbocycles. The first-order valence-electron chi connectivity index (χ1n) is 5.88. The summed E-state index contributed by atoms with van der Waals surface area (Å²) in [7, 11) is -0.0647. The molecule has 6 nitrogen and oxygen atoms in total. The second kappa shape index (κ2) is 5.00. The highest BCUT2D eigenvalue weighted by atomic mass is 32.2. The van der Waals surface area contributed by atoms with Gasteiger partial charge in [-0.1, -0.05) is 0 Å². The van der Waals surface area contributed by atoms with Crippen LogP contribution in [0.25, 0.3) is 0 Å². The van der Waals surface area contributed by atoms with Crippen molar-refractivity contribution in [3.63, 3.8) is 0 Å². The molecular formula is C11H19N3O3S. The lowest BCUT2D eigenvalue weighted by Gasteiger charge is -2.21. The predicted octanol–water partition coefficient (Wildman–Crippen LogP) is -0.107. The number of rotatable bonds is 4. The molecule has 1 aliphatic heterocycles. The Morgan fingerprint density at radius 3 is 2.83 bits per heavy atom. The van der Waals surface area contributed by atoms with Crippen LogP contribution in [0.3, 0.4) is 0 Å². The number of ether oxygens (including phenoxy) is 1. The minimum atomic E-state index is -3.46. The van der Waals surface area contributed by atoms with Crippen molar-refractivity contribution in [3.05, 3.63) is 18.0 Å². The monoisotopic (exact) mass is 273 g/mol. The summed E-state index contributed by atoms with van der Waals surface area (Å²) in [5, 5.41) is 0. The Balaban J connectivity index is 2.28. The molecule has 1 aromatic heterocycles. The Kier molecular flexibility index (Phi) is 3.76. The molecular weight excluding hydrogens is 254 g/mol. The topological polar surface area (TPSA) is 77.6 Å². The molecule has 2 heterocycles. The summed E-state index contributed by atoms with van der Waals surface area (Å²) >= 11 is 0. The Hall–Kier alpha value is -0.890. The van der Waals surface area contributed by atoms with E-state index < -0.39 is 10.0 Å². The maximum absolute atomic E-state index is 12.4. The van der Waals surface area contributed by atoms with Crippen LogP contribution in [0.15, 0.2) is 17.2 Å². The first-order chi connectivity index (χ1) is 8.46. The van der Waals surface area contributed by atoms with Gasteiger partial charge in [0.05, 0.1) is 12.6 Å². The number of sulfonamides is 1. The molecule has 7 heteroatoms. The fourth-order valence-electron chi connectivity index (χ4n) is 2.09. The molecule has 0 aliphatic carbocycles. The SMILES string of the molecule is CN(C1CCOC1)S(=O)(=O)c1cc(CN)n(C)c1. The average molecular weight is 273 g/mol. The van der Waals surface area contributed by atoms with Gasteiger partial charge in [0.2, 0.25) is 10.0 Å². The van der Waals surface area contributed by atoms with Gasteiger partial charge in [-0.15, -0.1) is 0 Å². The van der Waals surface area contributed by atoms with Crippen molar-refractivity contribution < 1.29 is 13.2 Å². The standard InChI is InChI=1S/C11H19N3O3S/c1-13-7-11(5-10(13)6-12)18(15,16)14(2)9-3-4-17-8-9/h5,7,9H,3-4,6,8,12H2,1-2H3. The van der Waals surface area contributed by atoms with Crippen molar-refractivity contribution in [2.45, 2.75) is 23.9 Å². The summed E-state index contributed by atoms with van der Waals surface area (Å²) in [5.74, 6) is 0. The smallest absolute Gasteiger partial charge is 0.244 e. The van der Waals surface area contributed by atoms with Crippen LogP contribution in [-0.4, -0.2) is 43.6 Å². The minimum absolute atomic E-state index is 0.0727. The zero-order chi connectivity index (χ0) is 13.3. The summed E-state index contributed by atoms with van der Waals surface area (Å²) < 4.78 is 33.2. The molecule has 1 fully saturated rings. The summed E-state index contributed by atoms with van der Waals surface area (Å²) in [6.45, 7) is 1.40.